The quantitative estimate of drug-likeness (QED) is 0.104. The number of ether oxygens (including phenoxy) is 3. The number of halogens is 1. The molecule has 2 aromatic heterocycles. The van der Waals surface area contributed by atoms with Crippen molar-refractivity contribution in [2.45, 2.75) is 12.8 Å². The first-order valence-corrected chi connectivity index (χ1v) is 20.1. The van der Waals surface area contributed by atoms with Gasteiger partial charge in [0.2, 0.25) is 0 Å². The zero-order valence-corrected chi connectivity index (χ0v) is 33.0. The first kappa shape index (κ1) is 38.2. The Morgan fingerprint density at radius 2 is 1.16 bits per heavy atom. The molecule has 0 bridgehead atoms. The molecule has 6 aromatic carbocycles. The summed E-state index contributed by atoms with van der Waals surface area (Å²) in [4.78, 5) is 17.3. The van der Waals surface area contributed by atoms with E-state index in [2.05, 4.69) is 77.8 Å². The first-order valence-electron chi connectivity index (χ1n) is 18.9. The molecule has 8 aromatic rings. The van der Waals surface area contributed by atoms with Gasteiger partial charge in [-0.15, -0.1) is 11.3 Å². The van der Waals surface area contributed by atoms with E-state index in [-0.39, 0.29) is 5.57 Å². The highest BCUT2D eigenvalue weighted by molar-refractivity contribution is 7.20. The average molecular weight is 800 g/mol. The predicted octanol–water partition coefficient (Wildman–Crippen LogP) is 12.9. The van der Waals surface area contributed by atoms with Crippen LogP contribution in [0.3, 0.4) is 0 Å². The highest BCUT2D eigenvalue weighted by Crippen LogP contribution is 2.46. The fourth-order valence-electron chi connectivity index (χ4n) is 6.62. The molecule has 6 nitrogen and oxygen atoms in total. The van der Waals surface area contributed by atoms with Crippen LogP contribution >= 0.6 is 22.9 Å². The lowest BCUT2D eigenvalue weighted by molar-refractivity contribution is -0.130. The Morgan fingerprint density at radius 3 is 1.69 bits per heavy atom. The highest BCUT2D eigenvalue weighted by atomic mass is 35.5. The molecule has 1 N–H and O–H groups in total. The number of hydrogen-bond acceptors (Lipinski definition) is 6. The summed E-state index contributed by atoms with van der Waals surface area (Å²) in [6.07, 6.45) is 6.17. The normalized spacial score (nSPS) is 11.4. The molecule has 0 atom stereocenters. The molecule has 0 radical (unpaired) electrons. The summed E-state index contributed by atoms with van der Waals surface area (Å²) in [5.41, 5.74) is 7.61. The molecule has 0 aliphatic rings. The number of carbonyl (C=O) groups is 1. The summed E-state index contributed by atoms with van der Waals surface area (Å²) in [6.45, 7) is 0.827. The van der Waals surface area contributed by atoms with E-state index in [9.17, 15) is 9.90 Å². The number of rotatable bonds is 15. The molecule has 0 aliphatic carbocycles. The van der Waals surface area contributed by atoms with Crippen molar-refractivity contribution in [1.29, 1.82) is 0 Å². The Kier molecular flexibility index (Phi) is 11.9. The summed E-state index contributed by atoms with van der Waals surface area (Å²) >= 11 is 7.62. The SMILES string of the molecule is O=C(O)C(=Cc1sc2cc(OCCc3ccc(-c4ccccc4)cc3)c(OCCc3ccc(-c4ccccc4)cc3)cc2c1Oc1ccc(Cl)cc1)c1ccncc1. The number of hydrogen-bond donors (Lipinski definition) is 1. The Morgan fingerprint density at radius 1 is 0.638 bits per heavy atom. The Balaban J connectivity index is 1.11. The van der Waals surface area contributed by atoms with Gasteiger partial charge in [-0.3, -0.25) is 4.98 Å². The fraction of sp³-hybridized carbons (Fsp3) is 0.0800. The second-order valence-electron chi connectivity index (χ2n) is 13.6. The molecule has 0 aliphatic heterocycles. The van der Waals surface area contributed by atoms with E-state index in [0.717, 1.165) is 32.3 Å². The van der Waals surface area contributed by atoms with Crippen LogP contribution in [0.15, 0.2) is 170 Å². The van der Waals surface area contributed by atoms with Gasteiger partial charge in [0.1, 0.15) is 5.75 Å². The number of aliphatic carboxylic acids is 1. The lowest BCUT2D eigenvalue weighted by atomic mass is 10.0. The third-order valence-electron chi connectivity index (χ3n) is 9.68. The average Bonchev–Trinajstić information content (AvgIpc) is 3.59. The van der Waals surface area contributed by atoms with Gasteiger partial charge in [0, 0.05) is 46.4 Å². The van der Waals surface area contributed by atoms with Crippen LogP contribution in [0.25, 0.3) is 44.0 Å². The molecule has 0 spiro atoms. The van der Waals surface area contributed by atoms with E-state index in [0.29, 0.717) is 64.5 Å². The maximum absolute atomic E-state index is 12.6. The van der Waals surface area contributed by atoms with E-state index in [1.165, 1.54) is 22.5 Å². The van der Waals surface area contributed by atoms with Crippen molar-refractivity contribution in [3.05, 3.63) is 197 Å². The Bertz CT molecular complexity index is 2650. The molecular formula is C50H38ClNO5S. The number of nitrogens with zero attached hydrogens (tertiary/aromatic N) is 1. The number of thiophene rings is 1. The number of aromatic nitrogens is 1. The Labute approximate surface area is 346 Å². The summed E-state index contributed by atoms with van der Waals surface area (Å²) in [5, 5.41) is 11.6. The second-order valence-corrected chi connectivity index (χ2v) is 15.1. The second kappa shape index (κ2) is 18.1. The van der Waals surface area contributed by atoms with Crippen molar-refractivity contribution in [3.8, 4) is 45.3 Å². The van der Waals surface area contributed by atoms with Crippen LogP contribution in [-0.4, -0.2) is 29.3 Å². The summed E-state index contributed by atoms with van der Waals surface area (Å²) in [6, 6.07) is 52.0. The van der Waals surface area contributed by atoms with Crippen molar-refractivity contribution >= 4 is 50.6 Å². The minimum Gasteiger partial charge on any atom is -0.489 e. The molecule has 0 saturated carbocycles. The minimum atomic E-state index is -1.07. The van der Waals surface area contributed by atoms with Gasteiger partial charge in [-0.25, -0.2) is 4.79 Å². The molecule has 0 saturated heterocycles. The molecule has 58 heavy (non-hydrogen) atoms. The van der Waals surface area contributed by atoms with E-state index >= 15 is 0 Å². The standard InChI is InChI=1S/C50H38ClNO5S/c51-41-19-21-42(22-20-41)57-49-44-31-45(55-29-25-34-11-15-38(16-12-34)36-7-3-1-4-8-36)46(56-30-26-35-13-17-39(18-14-35)37-9-5-2-6-10-37)33-47(44)58-48(49)32-43(50(53)54)40-23-27-52-28-24-40/h1-24,27-28,31-33H,25-26,29-30H2,(H,53,54). The summed E-state index contributed by atoms with van der Waals surface area (Å²) < 4.78 is 20.4. The largest absolute Gasteiger partial charge is 0.489 e. The van der Waals surface area contributed by atoms with Crippen LogP contribution < -0.4 is 14.2 Å². The van der Waals surface area contributed by atoms with Crippen LogP contribution in [-0.2, 0) is 17.6 Å². The van der Waals surface area contributed by atoms with Crippen LogP contribution in [0.5, 0.6) is 23.0 Å². The molecule has 0 fully saturated rings. The van der Waals surface area contributed by atoms with Gasteiger partial charge < -0.3 is 19.3 Å². The maximum atomic E-state index is 12.6. The molecule has 0 unspecified atom stereocenters. The van der Waals surface area contributed by atoms with Crippen molar-refractivity contribution in [2.75, 3.05) is 13.2 Å². The molecular weight excluding hydrogens is 762 g/mol. The molecule has 2 heterocycles. The summed E-state index contributed by atoms with van der Waals surface area (Å²) in [5.74, 6) is 1.15. The third kappa shape index (κ3) is 9.30. The zero-order chi connectivity index (χ0) is 39.7. The summed E-state index contributed by atoms with van der Waals surface area (Å²) in [7, 11) is 0. The monoisotopic (exact) mass is 799 g/mol. The minimum absolute atomic E-state index is 0.111. The molecule has 0 amide bonds. The van der Waals surface area contributed by atoms with Crippen molar-refractivity contribution < 1.29 is 24.1 Å². The molecule has 8 heteroatoms. The zero-order valence-electron chi connectivity index (χ0n) is 31.4. The van der Waals surface area contributed by atoms with E-state index in [4.69, 9.17) is 25.8 Å². The van der Waals surface area contributed by atoms with E-state index in [1.54, 1.807) is 54.9 Å². The van der Waals surface area contributed by atoms with Gasteiger partial charge in [0.25, 0.3) is 0 Å². The van der Waals surface area contributed by atoms with Gasteiger partial charge in [0.15, 0.2) is 17.2 Å². The number of carboxylic acid groups (broad SMARTS) is 1. The fourth-order valence-corrected chi connectivity index (χ4v) is 7.84. The molecule has 8 rings (SSSR count). The van der Waals surface area contributed by atoms with Crippen LogP contribution in [0, 0.1) is 0 Å². The van der Waals surface area contributed by atoms with E-state index < -0.39 is 5.97 Å². The predicted molar refractivity (Wildman–Crippen MR) is 235 cm³/mol. The van der Waals surface area contributed by atoms with E-state index in [1.807, 2.05) is 48.5 Å². The van der Waals surface area contributed by atoms with Crippen LogP contribution in [0.2, 0.25) is 5.02 Å². The highest BCUT2D eigenvalue weighted by Gasteiger charge is 2.21. The topological polar surface area (TPSA) is 77.9 Å². The van der Waals surface area contributed by atoms with Gasteiger partial charge in [0.05, 0.1) is 23.7 Å². The number of benzene rings is 6. The van der Waals surface area contributed by atoms with Gasteiger partial charge in [-0.2, -0.15) is 0 Å². The number of pyridine rings is 1. The first-order chi connectivity index (χ1) is 28.5. The third-order valence-corrected chi connectivity index (χ3v) is 11.0. The van der Waals surface area contributed by atoms with Crippen molar-refractivity contribution in [1.82, 2.24) is 4.98 Å². The lowest BCUT2D eigenvalue weighted by Crippen LogP contribution is -2.06. The van der Waals surface area contributed by atoms with Gasteiger partial charge in [-0.1, -0.05) is 121 Å². The number of fused-ring (bicyclic) bond motifs is 1. The Hall–Kier alpha value is -6.67. The molecule has 286 valence electrons. The smallest absolute Gasteiger partial charge is 0.336 e. The van der Waals surface area contributed by atoms with Crippen LogP contribution in [0.1, 0.15) is 21.6 Å². The van der Waals surface area contributed by atoms with Gasteiger partial charge >= 0.3 is 5.97 Å². The van der Waals surface area contributed by atoms with Crippen molar-refractivity contribution in [3.63, 3.8) is 0 Å². The number of carboxylic acids is 1. The maximum Gasteiger partial charge on any atom is 0.336 e. The van der Waals surface area contributed by atoms with Crippen LogP contribution in [0.4, 0.5) is 0 Å². The van der Waals surface area contributed by atoms with Crippen molar-refractivity contribution in [2.24, 2.45) is 0 Å². The van der Waals surface area contributed by atoms with Gasteiger partial charge in [-0.05, 0) is 87.5 Å². The lowest BCUT2D eigenvalue weighted by Gasteiger charge is -2.14.